The van der Waals surface area contributed by atoms with E-state index in [1.807, 2.05) is 28.6 Å². The fraction of sp³-hybridized carbons (Fsp3) is 0.593. The Hall–Kier alpha value is -2.52. The SMILES string of the molecule is CC(=O)N1CCC(n2nc([C@@H]3CCCN3S(=O)(=O)c3ccc(C)cc3)c3c2CC(C)(C)CC3=O)CC1. The molecule has 36 heavy (non-hydrogen) atoms. The number of piperidine rings is 1. The van der Waals surface area contributed by atoms with Gasteiger partial charge in [0, 0.05) is 33.0 Å². The molecule has 5 rings (SSSR count). The van der Waals surface area contributed by atoms with Gasteiger partial charge in [-0.3, -0.25) is 14.3 Å². The number of amides is 1. The van der Waals surface area contributed by atoms with Gasteiger partial charge in [0.25, 0.3) is 0 Å². The Balaban J connectivity index is 1.55. The first-order valence-electron chi connectivity index (χ1n) is 13.0. The van der Waals surface area contributed by atoms with Crippen LogP contribution in [0.1, 0.15) is 92.3 Å². The molecule has 2 fully saturated rings. The van der Waals surface area contributed by atoms with E-state index in [9.17, 15) is 18.0 Å². The second kappa shape index (κ2) is 9.10. The quantitative estimate of drug-likeness (QED) is 0.616. The topological polar surface area (TPSA) is 92.6 Å². The summed E-state index contributed by atoms with van der Waals surface area (Å²) in [6, 6.07) is 6.58. The van der Waals surface area contributed by atoms with Crippen molar-refractivity contribution in [2.24, 2.45) is 5.41 Å². The molecule has 0 unspecified atom stereocenters. The lowest BCUT2D eigenvalue weighted by Crippen LogP contribution is -2.38. The number of Topliss-reactive ketones (excluding diaryl/α,β-unsaturated/α-hetero) is 1. The van der Waals surface area contributed by atoms with Crippen molar-refractivity contribution in [3.05, 3.63) is 46.8 Å². The maximum absolute atomic E-state index is 13.7. The van der Waals surface area contributed by atoms with Crippen molar-refractivity contribution < 1.29 is 18.0 Å². The van der Waals surface area contributed by atoms with Gasteiger partial charge in [0.05, 0.1) is 33.9 Å². The number of hydrogen-bond donors (Lipinski definition) is 0. The largest absolute Gasteiger partial charge is 0.343 e. The molecule has 1 amide bonds. The molecule has 0 bridgehead atoms. The number of carbonyl (C=O) groups excluding carboxylic acids is 2. The summed E-state index contributed by atoms with van der Waals surface area (Å²) in [5.74, 6) is 0.138. The molecule has 8 nitrogen and oxygen atoms in total. The van der Waals surface area contributed by atoms with Crippen LogP contribution in [0.5, 0.6) is 0 Å². The molecule has 1 atom stereocenters. The molecule has 1 aromatic heterocycles. The summed E-state index contributed by atoms with van der Waals surface area (Å²) >= 11 is 0. The first-order valence-corrected chi connectivity index (χ1v) is 14.4. The number of rotatable bonds is 4. The molecule has 1 aromatic carbocycles. The molecule has 0 spiro atoms. The van der Waals surface area contributed by atoms with Gasteiger partial charge in [0.1, 0.15) is 0 Å². The fourth-order valence-electron chi connectivity index (χ4n) is 6.11. The average Bonchev–Trinajstić information content (AvgIpc) is 3.44. The van der Waals surface area contributed by atoms with Crippen LogP contribution >= 0.6 is 0 Å². The number of aromatic nitrogens is 2. The minimum Gasteiger partial charge on any atom is -0.343 e. The van der Waals surface area contributed by atoms with Gasteiger partial charge in [0.2, 0.25) is 15.9 Å². The second-order valence-electron chi connectivity index (χ2n) is 11.4. The molecule has 1 aliphatic carbocycles. The van der Waals surface area contributed by atoms with Gasteiger partial charge in [-0.05, 0) is 56.6 Å². The van der Waals surface area contributed by atoms with Crippen molar-refractivity contribution in [3.8, 4) is 0 Å². The number of fused-ring (bicyclic) bond motifs is 1. The van der Waals surface area contributed by atoms with Gasteiger partial charge in [-0.1, -0.05) is 31.5 Å². The molecular formula is C27H36N4O4S. The Morgan fingerprint density at radius 2 is 1.69 bits per heavy atom. The highest BCUT2D eigenvalue weighted by molar-refractivity contribution is 7.89. The van der Waals surface area contributed by atoms with Crippen molar-refractivity contribution >= 4 is 21.7 Å². The van der Waals surface area contributed by atoms with E-state index in [0.29, 0.717) is 43.7 Å². The highest BCUT2D eigenvalue weighted by Crippen LogP contribution is 2.44. The van der Waals surface area contributed by atoms with E-state index in [0.717, 1.165) is 36.9 Å². The highest BCUT2D eigenvalue weighted by atomic mass is 32.2. The summed E-state index contributed by atoms with van der Waals surface area (Å²) in [5.41, 5.74) is 3.02. The summed E-state index contributed by atoms with van der Waals surface area (Å²) in [6.07, 6.45) is 4.09. The van der Waals surface area contributed by atoms with Crippen LogP contribution in [0.15, 0.2) is 29.2 Å². The molecule has 0 radical (unpaired) electrons. The minimum absolute atomic E-state index is 0.0586. The minimum atomic E-state index is -3.72. The van der Waals surface area contributed by atoms with Crippen LogP contribution in [0.3, 0.4) is 0 Å². The fourth-order valence-corrected chi connectivity index (χ4v) is 7.77. The van der Waals surface area contributed by atoms with E-state index in [1.165, 1.54) is 0 Å². The Morgan fingerprint density at radius 3 is 2.33 bits per heavy atom. The standard InChI is InChI=1S/C27H36N4O4S/c1-18-7-9-21(10-8-18)36(34,35)30-13-5-6-22(30)26-25-23(16-27(3,4)17-24(25)33)31(28-26)20-11-14-29(15-12-20)19(2)32/h7-10,20,22H,5-6,11-17H2,1-4H3/t22-/m0/s1. The highest BCUT2D eigenvalue weighted by Gasteiger charge is 2.44. The zero-order valence-electron chi connectivity index (χ0n) is 21.7. The number of carbonyl (C=O) groups is 2. The van der Waals surface area contributed by atoms with Crippen LogP contribution in [0.2, 0.25) is 0 Å². The van der Waals surface area contributed by atoms with Crippen molar-refractivity contribution in [3.63, 3.8) is 0 Å². The van der Waals surface area contributed by atoms with E-state index in [-0.39, 0.29) is 28.0 Å². The molecule has 3 heterocycles. The lowest BCUT2D eigenvalue weighted by atomic mass is 9.75. The van der Waals surface area contributed by atoms with Crippen molar-refractivity contribution in [2.75, 3.05) is 19.6 Å². The predicted octanol–water partition coefficient (Wildman–Crippen LogP) is 4.06. The first-order chi connectivity index (χ1) is 17.0. The monoisotopic (exact) mass is 512 g/mol. The van der Waals surface area contributed by atoms with Gasteiger partial charge in [-0.2, -0.15) is 9.40 Å². The normalized spacial score (nSPS) is 23.2. The third-order valence-electron chi connectivity index (χ3n) is 8.00. The Morgan fingerprint density at radius 1 is 1.03 bits per heavy atom. The van der Waals surface area contributed by atoms with Crippen LogP contribution in [0.25, 0.3) is 0 Å². The molecule has 2 aromatic rings. The van der Waals surface area contributed by atoms with Crippen LogP contribution in [0.4, 0.5) is 0 Å². The number of likely N-dealkylation sites (tertiary alicyclic amines) is 1. The maximum atomic E-state index is 13.7. The average molecular weight is 513 g/mol. The molecule has 0 saturated carbocycles. The second-order valence-corrected chi connectivity index (χ2v) is 13.3. The van der Waals surface area contributed by atoms with Gasteiger partial charge in [-0.15, -0.1) is 0 Å². The molecule has 9 heteroatoms. The van der Waals surface area contributed by atoms with Crippen LogP contribution in [-0.4, -0.2) is 58.7 Å². The maximum Gasteiger partial charge on any atom is 0.243 e. The predicted molar refractivity (Wildman–Crippen MR) is 136 cm³/mol. The summed E-state index contributed by atoms with van der Waals surface area (Å²) in [4.78, 5) is 27.5. The summed E-state index contributed by atoms with van der Waals surface area (Å²) in [7, 11) is -3.72. The number of aryl methyl sites for hydroxylation is 1. The number of ketones is 1. The molecule has 3 aliphatic rings. The van der Waals surface area contributed by atoms with Gasteiger partial charge in [-0.25, -0.2) is 8.42 Å². The zero-order chi connectivity index (χ0) is 25.8. The molecule has 2 aliphatic heterocycles. The summed E-state index contributed by atoms with van der Waals surface area (Å²) in [5, 5.41) is 5.04. The molecule has 0 N–H and O–H groups in total. The van der Waals surface area contributed by atoms with Crippen molar-refractivity contribution in [1.82, 2.24) is 19.0 Å². The van der Waals surface area contributed by atoms with Crippen molar-refractivity contribution in [1.29, 1.82) is 0 Å². The van der Waals surface area contributed by atoms with Gasteiger partial charge < -0.3 is 4.90 Å². The molecular weight excluding hydrogens is 476 g/mol. The Kier molecular flexibility index (Phi) is 6.35. The third-order valence-corrected chi connectivity index (χ3v) is 9.93. The van der Waals surface area contributed by atoms with Crippen LogP contribution < -0.4 is 0 Å². The van der Waals surface area contributed by atoms with Crippen molar-refractivity contribution in [2.45, 2.75) is 83.2 Å². The number of hydrogen-bond acceptors (Lipinski definition) is 5. The summed E-state index contributed by atoms with van der Waals surface area (Å²) in [6.45, 7) is 9.48. The molecule has 194 valence electrons. The van der Waals surface area contributed by atoms with E-state index in [2.05, 4.69) is 13.8 Å². The first kappa shape index (κ1) is 25.1. The summed E-state index contributed by atoms with van der Waals surface area (Å²) < 4.78 is 30.9. The number of sulfonamides is 1. The smallest absolute Gasteiger partial charge is 0.243 e. The van der Waals surface area contributed by atoms with Crippen LogP contribution in [0, 0.1) is 12.3 Å². The third kappa shape index (κ3) is 4.41. The Bertz CT molecular complexity index is 1290. The van der Waals surface area contributed by atoms with Crippen LogP contribution in [-0.2, 0) is 21.2 Å². The van der Waals surface area contributed by atoms with E-state index < -0.39 is 16.1 Å². The molecule has 2 saturated heterocycles. The van der Waals surface area contributed by atoms with E-state index in [1.54, 1.807) is 23.4 Å². The number of nitrogens with zero attached hydrogens (tertiary/aromatic N) is 4. The number of benzene rings is 1. The lowest BCUT2D eigenvalue weighted by molar-refractivity contribution is -0.130. The van der Waals surface area contributed by atoms with Gasteiger partial charge >= 0.3 is 0 Å². The van der Waals surface area contributed by atoms with Gasteiger partial charge in [0.15, 0.2) is 5.78 Å². The lowest BCUT2D eigenvalue weighted by Gasteiger charge is -2.34. The zero-order valence-corrected chi connectivity index (χ0v) is 22.5. The van der Waals surface area contributed by atoms with E-state index in [4.69, 9.17) is 5.10 Å². The van der Waals surface area contributed by atoms with E-state index >= 15 is 0 Å². The Labute approximate surface area is 213 Å².